The highest BCUT2D eigenvalue weighted by atomic mass is 79.9. The molecule has 0 aliphatic carbocycles. The highest BCUT2D eigenvalue weighted by Crippen LogP contribution is 2.24. The van der Waals surface area contributed by atoms with Gasteiger partial charge in [-0.3, -0.25) is 4.79 Å². The molecule has 1 amide bonds. The minimum atomic E-state index is -0.560. The summed E-state index contributed by atoms with van der Waals surface area (Å²) in [6.07, 6.45) is 0. The van der Waals surface area contributed by atoms with Gasteiger partial charge in [0.05, 0.1) is 7.11 Å². The molecule has 0 aliphatic heterocycles. The van der Waals surface area contributed by atoms with Crippen molar-refractivity contribution in [3.63, 3.8) is 0 Å². The molecule has 8 heteroatoms. The fourth-order valence-corrected chi connectivity index (χ4v) is 2.79. The largest absolute Gasteiger partial charge is 0.496 e. The van der Waals surface area contributed by atoms with E-state index < -0.39 is 5.97 Å². The third kappa shape index (κ3) is 4.28. The lowest BCUT2D eigenvalue weighted by molar-refractivity contribution is -0.114. The molecular weight excluding hydrogens is 372 g/mol. The molecule has 0 spiro atoms. The molecule has 1 N–H and O–H groups in total. The maximum absolute atomic E-state index is 12.0. The summed E-state index contributed by atoms with van der Waals surface area (Å²) in [5.74, 6) is -0.170. The Kier molecular flexibility index (Phi) is 5.51. The summed E-state index contributed by atoms with van der Waals surface area (Å²) < 4.78 is 11.3. The molecule has 0 fully saturated rings. The first-order chi connectivity index (χ1) is 10.5. The number of benzene rings is 1. The van der Waals surface area contributed by atoms with Crippen molar-refractivity contribution in [1.82, 2.24) is 4.98 Å². The van der Waals surface area contributed by atoms with Crippen LogP contribution in [0.25, 0.3) is 0 Å². The Balaban J connectivity index is 2.02. The first-order valence-corrected chi connectivity index (χ1v) is 7.89. The van der Waals surface area contributed by atoms with Crippen LogP contribution < -0.4 is 10.1 Å². The lowest BCUT2D eigenvalue weighted by atomic mass is 10.2. The lowest BCUT2D eigenvalue weighted by Crippen LogP contribution is -2.08. The van der Waals surface area contributed by atoms with Gasteiger partial charge in [0, 0.05) is 22.3 Å². The van der Waals surface area contributed by atoms with Crippen molar-refractivity contribution in [3.05, 3.63) is 39.3 Å². The number of carbonyl (C=O) groups is 2. The van der Waals surface area contributed by atoms with Gasteiger partial charge in [-0.15, -0.1) is 11.3 Å². The number of carbonyl (C=O) groups excluding carboxylic acids is 2. The van der Waals surface area contributed by atoms with E-state index in [9.17, 15) is 9.59 Å². The van der Waals surface area contributed by atoms with Crippen molar-refractivity contribution < 1.29 is 19.1 Å². The molecule has 0 saturated heterocycles. The molecule has 22 heavy (non-hydrogen) atoms. The quantitative estimate of drug-likeness (QED) is 0.800. The van der Waals surface area contributed by atoms with E-state index in [-0.39, 0.29) is 18.2 Å². The summed E-state index contributed by atoms with van der Waals surface area (Å²) in [7, 11) is 1.55. The number of halogens is 1. The summed E-state index contributed by atoms with van der Waals surface area (Å²) in [5, 5.41) is 4.41. The van der Waals surface area contributed by atoms with Gasteiger partial charge in [-0.2, -0.15) is 0 Å². The zero-order chi connectivity index (χ0) is 16.1. The van der Waals surface area contributed by atoms with Crippen LogP contribution in [-0.2, 0) is 16.1 Å². The Bertz CT molecular complexity index is 702. The van der Waals surface area contributed by atoms with Crippen LogP contribution in [0.15, 0.2) is 28.1 Å². The van der Waals surface area contributed by atoms with Gasteiger partial charge >= 0.3 is 5.97 Å². The highest BCUT2D eigenvalue weighted by molar-refractivity contribution is 9.10. The summed E-state index contributed by atoms with van der Waals surface area (Å²) in [4.78, 5) is 26.9. The Labute approximate surface area is 139 Å². The molecule has 0 atom stereocenters. The third-order valence-corrected chi connectivity index (χ3v) is 3.85. The van der Waals surface area contributed by atoms with Crippen molar-refractivity contribution in [3.8, 4) is 5.75 Å². The molecule has 6 nitrogen and oxygen atoms in total. The Hall–Kier alpha value is -1.93. The van der Waals surface area contributed by atoms with Crippen molar-refractivity contribution in [2.75, 3.05) is 12.4 Å². The SMILES string of the molecule is COc1ccc(Br)cc1COC(=O)c1csc(NC(C)=O)n1. The zero-order valence-corrected chi connectivity index (χ0v) is 14.3. The molecule has 0 aliphatic rings. The van der Waals surface area contributed by atoms with Gasteiger partial charge in [0.15, 0.2) is 10.8 Å². The molecule has 2 rings (SSSR count). The second-order valence-corrected chi connectivity index (χ2v) is 6.03. The van der Waals surface area contributed by atoms with E-state index in [0.29, 0.717) is 10.9 Å². The molecule has 0 bridgehead atoms. The molecular formula is C14H13BrN2O4S. The molecule has 0 unspecified atom stereocenters. The number of hydrogen-bond donors (Lipinski definition) is 1. The van der Waals surface area contributed by atoms with E-state index in [0.717, 1.165) is 21.4 Å². The number of thiazole rings is 1. The molecule has 1 aromatic heterocycles. The van der Waals surface area contributed by atoms with Crippen LogP contribution in [0, 0.1) is 0 Å². The van der Waals surface area contributed by atoms with E-state index >= 15 is 0 Å². The second-order valence-electron chi connectivity index (χ2n) is 4.25. The predicted octanol–water partition coefficient (Wildman–Crippen LogP) is 3.23. The average molecular weight is 385 g/mol. The maximum atomic E-state index is 12.0. The number of aromatic nitrogens is 1. The lowest BCUT2D eigenvalue weighted by Gasteiger charge is -2.09. The fourth-order valence-electron chi connectivity index (χ4n) is 1.65. The topological polar surface area (TPSA) is 77.5 Å². The summed E-state index contributed by atoms with van der Waals surface area (Å²) in [6.45, 7) is 1.44. The van der Waals surface area contributed by atoms with Crippen molar-refractivity contribution in [2.45, 2.75) is 13.5 Å². The number of nitrogens with zero attached hydrogens (tertiary/aromatic N) is 1. The number of rotatable bonds is 5. The van der Waals surface area contributed by atoms with Gasteiger partial charge in [-0.25, -0.2) is 9.78 Å². The number of methoxy groups -OCH3 is 1. The standard InChI is InChI=1S/C14H13BrN2O4S/c1-8(18)16-14-17-11(7-22-14)13(19)21-6-9-5-10(15)3-4-12(9)20-2/h3-5,7H,6H2,1-2H3,(H,16,17,18). The van der Waals surface area contributed by atoms with Crippen LogP contribution in [0.5, 0.6) is 5.75 Å². The van der Waals surface area contributed by atoms with Crippen molar-refractivity contribution in [2.24, 2.45) is 0 Å². The number of ether oxygens (including phenoxy) is 2. The van der Waals surface area contributed by atoms with Crippen LogP contribution in [0.2, 0.25) is 0 Å². The second kappa shape index (κ2) is 7.37. The van der Waals surface area contributed by atoms with Crippen LogP contribution in [0.3, 0.4) is 0 Å². The minimum absolute atomic E-state index is 0.0639. The van der Waals surface area contributed by atoms with Gasteiger partial charge in [-0.1, -0.05) is 15.9 Å². The van der Waals surface area contributed by atoms with Gasteiger partial charge in [0.1, 0.15) is 12.4 Å². The number of nitrogens with one attached hydrogen (secondary N) is 1. The summed E-state index contributed by atoms with van der Waals surface area (Å²) >= 11 is 4.52. The summed E-state index contributed by atoms with van der Waals surface area (Å²) in [5.41, 5.74) is 0.894. The summed E-state index contributed by atoms with van der Waals surface area (Å²) in [6, 6.07) is 5.44. The predicted molar refractivity (Wildman–Crippen MR) is 86.2 cm³/mol. The zero-order valence-electron chi connectivity index (χ0n) is 11.9. The molecule has 0 radical (unpaired) electrons. The maximum Gasteiger partial charge on any atom is 0.358 e. The highest BCUT2D eigenvalue weighted by Gasteiger charge is 2.14. The van der Waals surface area contributed by atoms with Crippen molar-refractivity contribution >= 4 is 44.3 Å². The smallest absolute Gasteiger partial charge is 0.358 e. The van der Waals surface area contributed by atoms with Crippen LogP contribution in [-0.4, -0.2) is 24.0 Å². The first kappa shape index (κ1) is 16.4. The Morgan fingerprint density at radius 2 is 2.18 bits per heavy atom. The van der Waals surface area contributed by atoms with Gasteiger partial charge in [0.2, 0.25) is 5.91 Å². The molecule has 116 valence electrons. The van der Waals surface area contributed by atoms with E-state index in [4.69, 9.17) is 9.47 Å². The minimum Gasteiger partial charge on any atom is -0.496 e. The monoisotopic (exact) mass is 384 g/mol. The van der Waals surface area contributed by atoms with Gasteiger partial charge < -0.3 is 14.8 Å². The number of amides is 1. The fraction of sp³-hybridized carbons (Fsp3) is 0.214. The van der Waals surface area contributed by atoms with Crippen LogP contribution in [0.1, 0.15) is 23.0 Å². The number of esters is 1. The van der Waals surface area contributed by atoms with Crippen LogP contribution in [0.4, 0.5) is 5.13 Å². The first-order valence-electron chi connectivity index (χ1n) is 6.22. The van der Waals surface area contributed by atoms with E-state index in [2.05, 4.69) is 26.2 Å². The molecule has 1 aromatic carbocycles. The van der Waals surface area contributed by atoms with E-state index in [1.165, 1.54) is 12.3 Å². The Morgan fingerprint density at radius 1 is 1.41 bits per heavy atom. The van der Waals surface area contributed by atoms with Gasteiger partial charge in [0.25, 0.3) is 0 Å². The molecule has 0 saturated carbocycles. The number of hydrogen-bond acceptors (Lipinski definition) is 6. The molecule has 2 aromatic rings. The van der Waals surface area contributed by atoms with Crippen molar-refractivity contribution in [1.29, 1.82) is 0 Å². The Morgan fingerprint density at radius 3 is 2.86 bits per heavy atom. The average Bonchev–Trinajstić information content (AvgIpc) is 2.92. The third-order valence-electron chi connectivity index (χ3n) is 2.60. The van der Waals surface area contributed by atoms with Gasteiger partial charge in [-0.05, 0) is 18.2 Å². The van der Waals surface area contributed by atoms with E-state index in [1.54, 1.807) is 13.2 Å². The van der Waals surface area contributed by atoms with Crippen LogP contribution >= 0.6 is 27.3 Å². The molecule has 1 heterocycles. The number of anilines is 1. The van der Waals surface area contributed by atoms with E-state index in [1.807, 2.05) is 12.1 Å². The normalized spacial score (nSPS) is 10.1.